The number of nitrogens with one attached hydrogen (secondary N) is 4. The highest BCUT2D eigenvalue weighted by Crippen LogP contribution is 2.42. The molecule has 0 spiro atoms. The Bertz CT molecular complexity index is 7030. The van der Waals surface area contributed by atoms with Gasteiger partial charge in [-0.1, -0.05) is 24.3 Å². The van der Waals surface area contributed by atoms with Crippen LogP contribution in [0.1, 0.15) is 72.6 Å². The lowest BCUT2D eigenvalue weighted by Gasteiger charge is -2.16. The van der Waals surface area contributed by atoms with Crippen LogP contribution in [0, 0.1) is 51.0 Å². The molecule has 30 heteroatoms. The van der Waals surface area contributed by atoms with Crippen molar-refractivity contribution in [2.75, 3.05) is 75.2 Å². The molecule has 126 heavy (non-hydrogen) atoms. The molecule has 25 nitrogen and oxygen atoms in total. The smallest absolute Gasteiger partial charge is 0.316 e. The van der Waals surface area contributed by atoms with Crippen LogP contribution < -0.4 is 45.0 Å². The highest BCUT2D eigenvalue weighted by atomic mass is 32.2. The maximum absolute atomic E-state index is 14.6. The van der Waals surface area contributed by atoms with Crippen molar-refractivity contribution in [2.45, 2.75) is 91.0 Å². The SMILES string of the molecule is COc1ncc2c(NCc3c(F)ccc4c3CCO4)ncc(-c3cc(C)nn3C)c2n1.Cc1cc(-c2cnc(NCc3c(F)ccc4c3CCO4)c3cnccc23)n(C)n1.Cc1cc(CN(C)C)ccc1-c1cnc(NCc2c(F)ccc3c2CCO3)c2cnccc12.Cc1cc(S(C)(=O)=O)ccc1-c1cnc(NCc2c(F)ccc3c2CCO3)c2cnccc12. The van der Waals surface area contributed by atoms with Crippen molar-refractivity contribution in [3.63, 3.8) is 0 Å². The third kappa shape index (κ3) is 17.3. The number of methoxy groups -OCH3 is 1. The molecule has 0 unspecified atom stereocenters. The van der Waals surface area contributed by atoms with Gasteiger partial charge >= 0.3 is 6.01 Å². The van der Waals surface area contributed by atoms with E-state index in [1.165, 1.54) is 48.8 Å². The Morgan fingerprint density at radius 3 is 1.17 bits per heavy atom. The molecule has 0 atom stereocenters. The van der Waals surface area contributed by atoms with Gasteiger partial charge in [0.05, 0.1) is 72.1 Å². The number of aryl methyl sites for hydroxylation is 6. The molecule has 20 rings (SSSR count). The number of ether oxygens (including phenoxy) is 5. The third-order valence-electron chi connectivity index (χ3n) is 22.9. The number of halogens is 4. The molecular formula is C96H90F4N18O7S. The fraction of sp³-hybridized carbons (Fsp3) is 0.240. The zero-order valence-corrected chi connectivity index (χ0v) is 71.9. The number of benzene rings is 6. The molecule has 640 valence electrons. The molecule has 0 amide bonds. The molecule has 16 aromatic rings. The van der Waals surface area contributed by atoms with E-state index >= 15 is 0 Å². The van der Waals surface area contributed by atoms with Crippen LogP contribution in [0.15, 0.2) is 188 Å². The molecule has 0 radical (unpaired) electrons. The van der Waals surface area contributed by atoms with E-state index in [9.17, 15) is 26.0 Å². The lowest BCUT2D eigenvalue weighted by Crippen LogP contribution is -2.10. The zero-order valence-electron chi connectivity index (χ0n) is 71.1. The van der Waals surface area contributed by atoms with Gasteiger partial charge in [-0.05, 0) is 177 Å². The van der Waals surface area contributed by atoms with Crippen LogP contribution >= 0.6 is 0 Å². The second kappa shape index (κ2) is 35.9. The Hall–Kier alpha value is -14.3. The summed E-state index contributed by atoms with van der Waals surface area (Å²) in [6, 6.07) is 34.4. The monoisotopic (exact) mass is 1710 g/mol. The first kappa shape index (κ1) is 84.0. The Labute approximate surface area is 724 Å². The van der Waals surface area contributed by atoms with Gasteiger partial charge in [-0.3, -0.25) is 24.3 Å². The Morgan fingerprint density at radius 2 is 0.794 bits per heavy atom. The summed E-state index contributed by atoms with van der Waals surface area (Å²) >= 11 is 0. The number of fused-ring (bicyclic) bond motifs is 8. The molecule has 0 saturated carbocycles. The average Bonchev–Trinajstić information content (AvgIpc) is 1.53. The summed E-state index contributed by atoms with van der Waals surface area (Å²) in [6.07, 6.45) is 23.5. The summed E-state index contributed by atoms with van der Waals surface area (Å²) in [5.41, 5.74) is 19.6. The fourth-order valence-electron chi connectivity index (χ4n) is 16.8. The van der Waals surface area contributed by atoms with Crippen LogP contribution in [0.4, 0.5) is 40.8 Å². The maximum Gasteiger partial charge on any atom is 0.316 e. The molecule has 4 N–H and O–H groups in total. The summed E-state index contributed by atoms with van der Waals surface area (Å²) in [4.78, 5) is 42.7. The van der Waals surface area contributed by atoms with Crippen LogP contribution in [0.2, 0.25) is 0 Å². The summed E-state index contributed by atoms with van der Waals surface area (Å²) in [5, 5.41) is 28.3. The molecule has 4 aliphatic rings. The van der Waals surface area contributed by atoms with E-state index in [1.807, 2.05) is 88.5 Å². The Kier molecular flexibility index (Phi) is 23.9. The summed E-state index contributed by atoms with van der Waals surface area (Å²) in [5.74, 6) is 4.56. The van der Waals surface area contributed by atoms with E-state index in [4.69, 9.17) is 28.7 Å². The molecule has 0 saturated heterocycles. The summed E-state index contributed by atoms with van der Waals surface area (Å²) < 4.78 is 113. The number of nitrogens with zero attached hydrogens (tertiary/aromatic N) is 14. The third-order valence-corrected chi connectivity index (χ3v) is 24.0. The highest BCUT2D eigenvalue weighted by molar-refractivity contribution is 7.90. The van der Waals surface area contributed by atoms with Crippen molar-refractivity contribution in [1.29, 1.82) is 0 Å². The minimum atomic E-state index is -3.29. The zero-order chi connectivity index (χ0) is 87.6. The standard InChI is InChI=1S/C27H27FN4O.C25H22FN3O3S.C22H21FN6O2.C22H20FN5O/c1-17-12-18(16-32(2)3)4-5-19(17)22-14-30-27(24-13-29-10-8-20(22)24)31-15-23-21-9-11-33-26(21)7-6-25(23)28;1-15-11-16(33(2,30)31)3-4-17(15)20-13-28-25(22-12-27-9-7-18(20)22)29-14-21-19-8-10-32-24(19)6-5-23(21)26;1-12-8-18(29(2)28-12)15-10-25-21(16-11-26-22(30-3)27-20(15)16)24-9-14-13-6-7-31-19(13)5-4-17(14)23;1-13-9-20(28(2)27-13)17-12-26-22(18-10-24-7-5-14(17)18)25-11-16-15-6-8-29-21(15)4-3-19(16)23/h4-8,10,12-14H,9,11,15-16H2,1-3H3,(H,30,31);3-7,9,11-13H,8,10,14H2,1-2H3,(H,28,29);4-5,8,10-11H,6-7,9H2,1-3H3,(H,24,25);3-5,7,9-10,12H,6,8,11H2,1-2H3,(H,25,26). The predicted octanol–water partition coefficient (Wildman–Crippen LogP) is 17.5. The van der Waals surface area contributed by atoms with E-state index in [2.05, 4.69) is 115 Å². The van der Waals surface area contributed by atoms with E-state index < -0.39 is 9.84 Å². The molecule has 6 aromatic carbocycles. The minimum Gasteiger partial charge on any atom is -0.493 e. The van der Waals surface area contributed by atoms with Crippen molar-refractivity contribution in [1.82, 2.24) is 69.3 Å². The number of rotatable bonds is 20. The number of sulfone groups is 1. The van der Waals surface area contributed by atoms with Crippen molar-refractivity contribution in [2.24, 2.45) is 14.1 Å². The normalized spacial score (nSPS) is 12.8. The van der Waals surface area contributed by atoms with Gasteiger partial charge in [0, 0.05) is 230 Å². The molecule has 4 aliphatic heterocycles. The first-order valence-electron chi connectivity index (χ1n) is 41.1. The van der Waals surface area contributed by atoms with Crippen LogP contribution in [-0.4, -0.2) is 132 Å². The second-order valence-electron chi connectivity index (χ2n) is 31.5. The largest absolute Gasteiger partial charge is 0.493 e. The average molecular weight is 1720 g/mol. The molecule has 0 fully saturated rings. The number of anilines is 4. The summed E-state index contributed by atoms with van der Waals surface area (Å²) in [7, 11) is 6.17. The van der Waals surface area contributed by atoms with Crippen molar-refractivity contribution < 1.29 is 49.7 Å². The van der Waals surface area contributed by atoms with Gasteiger partial charge in [0.2, 0.25) is 0 Å². The number of hydrogen-bond acceptors (Lipinski definition) is 23. The van der Waals surface area contributed by atoms with Gasteiger partial charge in [-0.2, -0.15) is 15.2 Å². The predicted molar refractivity (Wildman–Crippen MR) is 479 cm³/mol. The number of pyridine rings is 7. The quantitative estimate of drug-likeness (QED) is 0.0516. The molecular weight excluding hydrogens is 1630 g/mol. The number of aromatic nitrogens is 13. The fourth-order valence-corrected chi connectivity index (χ4v) is 17.6. The Balaban J connectivity index is 0.000000119. The van der Waals surface area contributed by atoms with Gasteiger partial charge in [-0.15, -0.1) is 0 Å². The van der Waals surface area contributed by atoms with Gasteiger partial charge in [-0.25, -0.2) is 50.9 Å². The van der Waals surface area contributed by atoms with Crippen LogP contribution in [0.25, 0.3) is 88.0 Å². The number of hydrogen-bond donors (Lipinski definition) is 4. The molecule has 10 aromatic heterocycles. The second-order valence-corrected chi connectivity index (χ2v) is 33.5. The Morgan fingerprint density at radius 1 is 0.421 bits per heavy atom. The van der Waals surface area contributed by atoms with E-state index in [0.717, 1.165) is 159 Å². The lowest BCUT2D eigenvalue weighted by atomic mass is 9.96. The van der Waals surface area contributed by atoms with Gasteiger partial charge in [0.1, 0.15) is 69.5 Å². The lowest BCUT2D eigenvalue weighted by molar-refractivity contribution is 0.356. The molecule has 0 bridgehead atoms. The first-order chi connectivity index (χ1) is 61.0. The van der Waals surface area contributed by atoms with Crippen molar-refractivity contribution in [3.05, 3.63) is 279 Å². The highest BCUT2D eigenvalue weighted by Gasteiger charge is 2.27. The molecule has 14 heterocycles. The van der Waals surface area contributed by atoms with Crippen LogP contribution in [0.3, 0.4) is 0 Å². The first-order valence-corrected chi connectivity index (χ1v) is 43.0. The maximum atomic E-state index is 14.6. The van der Waals surface area contributed by atoms with E-state index in [1.54, 1.807) is 96.7 Å². The van der Waals surface area contributed by atoms with Gasteiger partial charge < -0.3 is 49.9 Å². The van der Waals surface area contributed by atoms with E-state index in [-0.39, 0.29) is 47.3 Å². The van der Waals surface area contributed by atoms with Gasteiger partial charge in [0.15, 0.2) is 9.84 Å². The molecule has 0 aliphatic carbocycles. The van der Waals surface area contributed by atoms with Crippen molar-refractivity contribution >= 4 is 76.3 Å². The van der Waals surface area contributed by atoms with Crippen LogP contribution in [-0.2, 0) is 82.3 Å². The van der Waals surface area contributed by atoms with Gasteiger partial charge in [0.25, 0.3) is 0 Å². The van der Waals surface area contributed by atoms with E-state index in [0.29, 0.717) is 109 Å². The topological polar surface area (TPSA) is 283 Å². The van der Waals surface area contributed by atoms with Crippen molar-refractivity contribution in [3.8, 4) is 73.8 Å². The minimum absolute atomic E-state index is 0.223. The van der Waals surface area contributed by atoms with Crippen LogP contribution in [0.5, 0.6) is 29.0 Å². The summed E-state index contributed by atoms with van der Waals surface area (Å²) in [6.45, 7) is 12.3.